The Morgan fingerprint density at radius 3 is 2.83 bits per heavy atom. The van der Waals surface area contributed by atoms with Gasteiger partial charge in [-0.3, -0.25) is 0 Å². The van der Waals surface area contributed by atoms with Crippen LogP contribution in [-0.2, 0) is 4.74 Å². The minimum atomic E-state index is 0.532. The molecule has 4 heterocycles. The van der Waals surface area contributed by atoms with Crippen LogP contribution >= 0.6 is 11.3 Å². The van der Waals surface area contributed by atoms with Crippen molar-refractivity contribution < 1.29 is 9.26 Å². The van der Waals surface area contributed by atoms with E-state index < -0.39 is 0 Å². The standard InChI is InChI=1S/C20H18N6O2S/c21-9-14-13(2-1-3-15(14)22)19-24-16-8-17(12-10-23-28-11-12)29-18(16)20(25-19)26-4-6-27-7-5-26/h1-3,8-11,21H,4-7,22H2. The van der Waals surface area contributed by atoms with E-state index in [-0.39, 0.29) is 0 Å². The summed E-state index contributed by atoms with van der Waals surface area (Å²) in [7, 11) is 0. The fourth-order valence-electron chi connectivity index (χ4n) is 3.43. The van der Waals surface area contributed by atoms with E-state index in [1.54, 1.807) is 29.9 Å². The number of anilines is 2. The molecule has 0 atom stereocenters. The highest BCUT2D eigenvalue weighted by atomic mass is 32.1. The van der Waals surface area contributed by atoms with Crippen molar-refractivity contribution in [3.63, 3.8) is 0 Å². The Bertz CT molecular complexity index is 1180. The van der Waals surface area contributed by atoms with Crippen LogP contribution in [0, 0.1) is 5.41 Å². The van der Waals surface area contributed by atoms with Crippen molar-refractivity contribution in [3.8, 4) is 21.8 Å². The average Bonchev–Trinajstić information content (AvgIpc) is 3.43. The summed E-state index contributed by atoms with van der Waals surface area (Å²) >= 11 is 1.62. The first-order valence-electron chi connectivity index (χ1n) is 9.18. The van der Waals surface area contributed by atoms with E-state index in [9.17, 15) is 0 Å². The molecule has 5 rings (SSSR count). The van der Waals surface area contributed by atoms with Gasteiger partial charge in [-0.25, -0.2) is 9.97 Å². The minimum absolute atomic E-state index is 0.532. The van der Waals surface area contributed by atoms with E-state index >= 15 is 0 Å². The number of ether oxygens (including phenoxy) is 1. The molecule has 1 aromatic carbocycles. The number of benzene rings is 1. The number of nitrogen functional groups attached to an aromatic ring is 1. The number of rotatable bonds is 4. The molecule has 4 aromatic rings. The Kier molecular flexibility index (Phi) is 4.45. The van der Waals surface area contributed by atoms with E-state index in [4.69, 9.17) is 30.4 Å². The van der Waals surface area contributed by atoms with Gasteiger partial charge in [0.25, 0.3) is 0 Å². The summed E-state index contributed by atoms with van der Waals surface area (Å²) in [6.07, 6.45) is 4.57. The van der Waals surface area contributed by atoms with Gasteiger partial charge in [-0.2, -0.15) is 0 Å². The first kappa shape index (κ1) is 17.8. The molecular formula is C20H18N6O2S. The smallest absolute Gasteiger partial charge is 0.162 e. The molecule has 0 spiro atoms. The molecule has 1 aliphatic rings. The van der Waals surface area contributed by atoms with Gasteiger partial charge in [0.05, 0.1) is 35.2 Å². The third-order valence-electron chi connectivity index (χ3n) is 4.91. The van der Waals surface area contributed by atoms with Crippen LogP contribution < -0.4 is 10.6 Å². The molecule has 3 aromatic heterocycles. The molecule has 1 aliphatic heterocycles. The zero-order valence-corrected chi connectivity index (χ0v) is 16.3. The van der Waals surface area contributed by atoms with Gasteiger partial charge in [-0.05, 0) is 12.1 Å². The largest absolute Gasteiger partial charge is 0.398 e. The Labute approximate surface area is 170 Å². The first-order chi connectivity index (χ1) is 14.2. The molecule has 146 valence electrons. The topological polar surface area (TPSA) is 114 Å². The third kappa shape index (κ3) is 3.14. The maximum atomic E-state index is 7.78. The van der Waals surface area contributed by atoms with Crippen LogP contribution in [0.3, 0.4) is 0 Å². The molecule has 0 bridgehead atoms. The number of aromatic nitrogens is 3. The second kappa shape index (κ2) is 7.26. The fraction of sp³-hybridized carbons (Fsp3) is 0.200. The quantitative estimate of drug-likeness (QED) is 0.394. The van der Waals surface area contributed by atoms with Crippen LogP contribution in [0.1, 0.15) is 5.56 Å². The van der Waals surface area contributed by atoms with Gasteiger partial charge in [-0.1, -0.05) is 17.3 Å². The lowest BCUT2D eigenvalue weighted by Crippen LogP contribution is -2.36. The Hall–Kier alpha value is -3.30. The summed E-state index contributed by atoms with van der Waals surface area (Å²) in [5.41, 5.74) is 9.73. The monoisotopic (exact) mass is 406 g/mol. The van der Waals surface area contributed by atoms with E-state index in [0.29, 0.717) is 30.3 Å². The second-order valence-corrected chi connectivity index (χ2v) is 7.71. The van der Waals surface area contributed by atoms with E-state index in [1.165, 1.54) is 6.21 Å². The third-order valence-corrected chi connectivity index (χ3v) is 6.08. The minimum Gasteiger partial charge on any atom is -0.398 e. The summed E-state index contributed by atoms with van der Waals surface area (Å²) < 4.78 is 11.5. The number of fused-ring (bicyclic) bond motifs is 1. The van der Waals surface area contributed by atoms with Crippen LogP contribution in [0.4, 0.5) is 11.5 Å². The Morgan fingerprint density at radius 2 is 2.07 bits per heavy atom. The number of morpholine rings is 1. The van der Waals surface area contributed by atoms with E-state index in [1.807, 2.05) is 18.2 Å². The van der Waals surface area contributed by atoms with Gasteiger partial charge in [-0.15, -0.1) is 11.3 Å². The molecule has 0 unspecified atom stereocenters. The van der Waals surface area contributed by atoms with Crippen molar-refractivity contribution in [3.05, 3.63) is 42.3 Å². The highest BCUT2D eigenvalue weighted by Gasteiger charge is 2.21. The van der Waals surface area contributed by atoms with Crippen molar-refractivity contribution in [2.24, 2.45) is 0 Å². The molecule has 1 saturated heterocycles. The predicted octanol–water partition coefficient (Wildman–Crippen LogP) is 3.43. The number of hydrogen-bond acceptors (Lipinski definition) is 9. The zero-order valence-electron chi connectivity index (χ0n) is 15.5. The molecule has 0 saturated carbocycles. The molecule has 0 aliphatic carbocycles. The van der Waals surface area contributed by atoms with Gasteiger partial charge in [0.2, 0.25) is 0 Å². The molecule has 1 fully saturated rings. The molecule has 8 nitrogen and oxygen atoms in total. The average molecular weight is 406 g/mol. The maximum absolute atomic E-state index is 7.78. The van der Waals surface area contributed by atoms with Crippen LogP contribution in [0.15, 0.2) is 41.2 Å². The summed E-state index contributed by atoms with van der Waals surface area (Å²) in [4.78, 5) is 13.0. The van der Waals surface area contributed by atoms with Gasteiger partial charge in [0, 0.05) is 41.0 Å². The van der Waals surface area contributed by atoms with Crippen LogP contribution in [0.5, 0.6) is 0 Å². The van der Waals surface area contributed by atoms with E-state index in [0.717, 1.165) is 45.1 Å². The lowest BCUT2D eigenvalue weighted by atomic mass is 10.1. The van der Waals surface area contributed by atoms with Crippen molar-refractivity contribution in [1.29, 1.82) is 5.41 Å². The normalized spacial score (nSPS) is 14.4. The number of hydrogen-bond donors (Lipinski definition) is 2. The molecule has 0 radical (unpaired) electrons. The molecule has 3 N–H and O–H groups in total. The van der Waals surface area contributed by atoms with Crippen LogP contribution in [0.25, 0.3) is 32.0 Å². The summed E-state index contributed by atoms with van der Waals surface area (Å²) in [5, 5.41) is 11.6. The first-order valence-corrected chi connectivity index (χ1v) is 9.99. The SMILES string of the molecule is N=Cc1c(N)cccc1-c1nc(N2CCOCC2)c2sc(-c3cnoc3)cc2n1. The van der Waals surface area contributed by atoms with E-state index in [2.05, 4.69) is 10.1 Å². The maximum Gasteiger partial charge on any atom is 0.162 e. The Morgan fingerprint density at radius 1 is 1.21 bits per heavy atom. The molecule has 29 heavy (non-hydrogen) atoms. The predicted molar refractivity (Wildman–Crippen MR) is 114 cm³/mol. The van der Waals surface area contributed by atoms with Crippen LogP contribution in [0.2, 0.25) is 0 Å². The van der Waals surface area contributed by atoms with Gasteiger partial charge in [0.1, 0.15) is 6.26 Å². The van der Waals surface area contributed by atoms with Crippen molar-refractivity contribution in [2.45, 2.75) is 0 Å². The summed E-state index contributed by atoms with van der Waals surface area (Å²) in [6.45, 7) is 2.85. The van der Waals surface area contributed by atoms with Crippen molar-refractivity contribution >= 4 is 39.3 Å². The fourth-order valence-corrected chi connectivity index (χ4v) is 4.52. The van der Waals surface area contributed by atoms with Crippen molar-refractivity contribution in [1.82, 2.24) is 15.1 Å². The number of nitrogens with two attached hydrogens (primary N) is 1. The molecule has 9 heteroatoms. The van der Waals surface area contributed by atoms with Crippen molar-refractivity contribution in [2.75, 3.05) is 36.9 Å². The number of nitrogens with zero attached hydrogens (tertiary/aromatic N) is 4. The van der Waals surface area contributed by atoms with Gasteiger partial charge in [0.15, 0.2) is 11.6 Å². The van der Waals surface area contributed by atoms with Crippen LogP contribution in [-0.4, -0.2) is 47.6 Å². The lowest BCUT2D eigenvalue weighted by Gasteiger charge is -2.28. The number of nitrogens with one attached hydrogen (secondary N) is 1. The lowest BCUT2D eigenvalue weighted by molar-refractivity contribution is 0.122. The highest BCUT2D eigenvalue weighted by molar-refractivity contribution is 7.22. The number of thiophene rings is 1. The zero-order chi connectivity index (χ0) is 19.8. The van der Waals surface area contributed by atoms with Gasteiger partial charge < -0.3 is 25.3 Å². The summed E-state index contributed by atoms with van der Waals surface area (Å²) in [6, 6.07) is 7.56. The second-order valence-electron chi connectivity index (χ2n) is 6.66. The summed E-state index contributed by atoms with van der Waals surface area (Å²) in [5.74, 6) is 1.43. The van der Waals surface area contributed by atoms with Gasteiger partial charge >= 0.3 is 0 Å². The Balaban J connectivity index is 1.73. The highest BCUT2D eigenvalue weighted by Crippen LogP contribution is 2.39. The molecule has 0 amide bonds. The molecular weight excluding hydrogens is 388 g/mol.